The van der Waals surface area contributed by atoms with Crippen molar-refractivity contribution in [3.8, 4) is 11.5 Å². The molecule has 1 N–H and O–H groups in total. The molecule has 1 aliphatic heterocycles. The van der Waals surface area contributed by atoms with Crippen LogP contribution in [0.25, 0.3) is 0 Å². The molecule has 0 saturated carbocycles. The maximum atomic E-state index is 12.5. The zero-order valence-corrected chi connectivity index (χ0v) is 17.5. The van der Waals surface area contributed by atoms with E-state index in [2.05, 4.69) is 35.6 Å². The van der Waals surface area contributed by atoms with Crippen molar-refractivity contribution in [3.63, 3.8) is 0 Å². The number of carbonyl (C=O) groups is 1. The predicted octanol–water partition coefficient (Wildman–Crippen LogP) is 3.66. The number of methoxy groups -OCH3 is 2. The Kier molecular flexibility index (Phi) is 7.94. The zero-order chi connectivity index (χ0) is 20.5. The first kappa shape index (κ1) is 21.2. The molecule has 5 heteroatoms. The quantitative estimate of drug-likeness (QED) is 0.657. The molecule has 0 aliphatic carbocycles. The van der Waals surface area contributed by atoms with E-state index in [-0.39, 0.29) is 5.91 Å². The molecule has 0 spiro atoms. The van der Waals surface area contributed by atoms with Gasteiger partial charge in [0.25, 0.3) is 0 Å². The summed E-state index contributed by atoms with van der Waals surface area (Å²) in [6.45, 7) is 3.14. The first-order valence-electron chi connectivity index (χ1n) is 10.4. The zero-order valence-electron chi connectivity index (χ0n) is 17.5. The monoisotopic (exact) mass is 396 g/mol. The summed E-state index contributed by atoms with van der Waals surface area (Å²) in [4.78, 5) is 14.5. The molecule has 29 heavy (non-hydrogen) atoms. The van der Waals surface area contributed by atoms with Crippen molar-refractivity contribution in [2.45, 2.75) is 32.2 Å². The van der Waals surface area contributed by atoms with Gasteiger partial charge in [0, 0.05) is 32.6 Å². The number of likely N-dealkylation sites (tertiary alicyclic amines) is 1. The number of amides is 1. The van der Waals surface area contributed by atoms with Gasteiger partial charge >= 0.3 is 0 Å². The van der Waals surface area contributed by atoms with Crippen molar-refractivity contribution >= 4 is 5.91 Å². The van der Waals surface area contributed by atoms with Crippen LogP contribution in [0.1, 0.15) is 30.4 Å². The van der Waals surface area contributed by atoms with E-state index in [4.69, 9.17) is 9.47 Å². The van der Waals surface area contributed by atoms with Gasteiger partial charge in [-0.2, -0.15) is 0 Å². The highest BCUT2D eigenvalue weighted by molar-refractivity contribution is 5.76. The van der Waals surface area contributed by atoms with Crippen LogP contribution in [0.4, 0.5) is 0 Å². The normalized spacial score (nSPS) is 14.6. The third-order valence-corrected chi connectivity index (χ3v) is 5.63. The fourth-order valence-corrected chi connectivity index (χ4v) is 3.91. The number of carbonyl (C=O) groups excluding carboxylic acids is 1. The van der Waals surface area contributed by atoms with Gasteiger partial charge in [0.05, 0.1) is 14.2 Å². The van der Waals surface area contributed by atoms with Crippen LogP contribution in [0.15, 0.2) is 48.5 Å². The third-order valence-electron chi connectivity index (χ3n) is 5.63. The number of nitrogens with one attached hydrogen (secondary N) is 1. The minimum atomic E-state index is 0.253. The van der Waals surface area contributed by atoms with E-state index >= 15 is 0 Å². The van der Waals surface area contributed by atoms with Crippen molar-refractivity contribution in [1.29, 1.82) is 0 Å². The molecule has 1 fully saturated rings. The Morgan fingerprint density at radius 2 is 1.72 bits per heavy atom. The van der Waals surface area contributed by atoms with Crippen LogP contribution < -0.4 is 14.8 Å². The summed E-state index contributed by atoms with van der Waals surface area (Å²) in [5, 5.41) is 3.36. The number of ether oxygens (including phenoxy) is 2. The lowest BCUT2D eigenvalue weighted by atomic mass is 9.90. The maximum absolute atomic E-state index is 12.5. The van der Waals surface area contributed by atoms with Gasteiger partial charge in [-0.15, -0.1) is 0 Å². The standard InChI is InChI=1S/C24H32N2O3/c1-28-22-9-8-21(17-23(22)29-2)18-25-13-10-24(27)26-14-11-20(12-15-26)16-19-6-4-3-5-7-19/h3-9,17,20,25H,10-16,18H2,1-2H3. The highest BCUT2D eigenvalue weighted by Gasteiger charge is 2.22. The van der Waals surface area contributed by atoms with Crippen LogP contribution in [0, 0.1) is 5.92 Å². The lowest BCUT2D eigenvalue weighted by Gasteiger charge is -2.32. The van der Waals surface area contributed by atoms with Gasteiger partial charge in [-0.3, -0.25) is 4.79 Å². The summed E-state index contributed by atoms with van der Waals surface area (Å²) < 4.78 is 10.6. The van der Waals surface area contributed by atoms with E-state index in [0.29, 0.717) is 25.4 Å². The SMILES string of the molecule is COc1ccc(CNCCC(=O)N2CCC(Cc3ccccc3)CC2)cc1OC. The van der Waals surface area contributed by atoms with Crippen LogP contribution in [-0.4, -0.2) is 44.7 Å². The van der Waals surface area contributed by atoms with Crippen molar-refractivity contribution in [2.24, 2.45) is 5.92 Å². The van der Waals surface area contributed by atoms with Crippen LogP contribution in [-0.2, 0) is 17.8 Å². The van der Waals surface area contributed by atoms with Crippen molar-refractivity contribution < 1.29 is 14.3 Å². The van der Waals surface area contributed by atoms with Gasteiger partial charge in [-0.25, -0.2) is 0 Å². The molecule has 1 heterocycles. The van der Waals surface area contributed by atoms with E-state index in [9.17, 15) is 4.79 Å². The fourth-order valence-electron chi connectivity index (χ4n) is 3.91. The predicted molar refractivity (Wildman–Crippen MR) is 115 cm³/mol. The largest absolute Gasteiger partial charge is 0.493 e. The Labute approximate surface area is 174 Å². The van der Waals surface area contributed by atoms with Gasteiger partial charge in [0.1, 0.15) is 0 Å². The Balaban J connectivity index is 1.35. The van der Waals surface area contributed by atoms with Crippen LogP contribution in [0.5, 0.6) is 11.5 Å². The molecule has 0 bridgehead atoms. The molecule has 1 aliphatic rings. The summed E-state index contributed by atoms with van der Waals surface area (Å²) in [6.07, 6.45) is 3.85. The van der Waals surface area contributed by atoms with Crippen molar-refractivity contribution in [1.82, 2.24) is 10.2 Å². The smallest absolute Gasteiger partial charge is 0.223 e. The highest BCUT2D eigenvalue weighted by atomic mass is 16.5. The molecule has 0 atom stereocenters. The lowest BCUT2D eigenvalue weighted by molar-refractivity contribution is -0.132. The molecular formula is C24H32N2O3. The Morgan fingerprint density at radius 1 is 1.00 bits per heavy atom. The van der Waals surface area contributed by atoms with Crippen LogP contribution in [0.3, 0.4) is 0 Å². The Hall–Kier alpha value is -2.53. The van der Waals surface area contributed by atoms with E-state index in [1.807, 2.05) is 23.1 Å². The summed E-state index contributed by atoms with van der Waals surface area (Å²) >= 11 is 0. The first-order valence-corrected chi connectivity index (χ1v) is 10.4. The molecule has 0 unspecified atom stereocenters. The van der Waals surface area contributed by atoms with Gasteiger partial charge in [-0.1, -0.05) is 36.4 Å². The summed E-state index contributed by atoms with van der Waals surface area (Å²) in [7, 11) is 3.27. The molecular weight excluding hydrogens is 364 g/mol. The van der Waals surface area contributed by atoms with Gasteiger partial charge in [-0.05, 0) is 48.4 Å². The molecule has 3 rings (SSSR count). The van der Waals surface area contributed by atoms with E-state index in [0.717, 1.165) is 49.4 Å². The molecule has 2 aromatic rings. The summed E-state index contributed by atoms with van der Waals surface area (Å²) in [6, 6.07) is 16.5. The number of benzene rings is 2. The van der Waals surface area contributed by atoms with Crippen molar-refractivity contribution in [2.75, 3.05) is 33.9 Å². The second-order valence-corrected chi connectivity index (χ2v) is 7.63. The molecule has 5 nitrogen and oxygen atoms in total. The second-order valence-electron chi connectivity index (χ2n) is 7.63. The Bertz CT molecular complexity index is 771. The van der Waals surface area contributed by atoms with Crippen LogP contribution in [0.2, 0.25) is 0 Å². The molecule has 1 amide bonds. The minimum Gasteiger partial charge on any atom is -0.493 e. The molecule has 0 radical (unpaired) electrons. The second kappa shape index (κ2) is 10.9. The minimum absolute atomic E-state index is 0.253. The lowest BCUT2D eigenvalue weighted by Crippen LogP contribution is -2.39. The third kappa shape index (κ3) is 6.23. The average Bonchev–Trinajstić information content (AvgIpc) is 2.77. The van der Waals surface area contributed by atoms with E-state index in [1.54, 1.807) is 14.2 Å². The fraction of sp³-hybridized carbons (Fsp3) is 0.458. The van der Waals surface area contributed by atoms with Gasteiger partial charge in [0.15, 0.2) is 11.5 Å². The molecule has 0 aromatic heterocycles. The van der Waals surface area contributed by atoms with E-state index in [1.165, 1.54) is 5.56 Å². The molecule has 2 aromatic carbocycles. The molecule has 156 valence electrons. The van der Waals surface area contributed by atoms with E-state index < -0.39 is 0 Å². The van der Waals surface area contributed by atoms with Gasteiger partial charge < -0.3 is 19.7 Å². The Morgan fingerprint density at radius 3 is 2.41 bits per heavy atom. The van der Waals surface area contributed by atoms with Crippen LogP contribution >= 0.6 is 0 Å². The number of nitrogens with zero attached hydrogens (tertiary/aromatic N) is 1. The summed E-state index contributed by atoms with van der Waals surface area (Å²) in [5.41, 5.74) is 2.51. The van der Waals surface area contributed by atoms with Crippen molar-refractivity contribution in [3.05, 3.63) is 59.7 Å². The number of hydrogen-bond donors (Lipinski definition) is 1. The number of piperidine rings is 1. The molecule has 1 saturated heterocycles. The topological polar surface area (TPSA) is 50.8 Å². The highest BCUT2D eigenvalue weighted by Crippen LogP contribution is 2.27. The first-order chi connectivity index (χ1) is 14.2. The number of rotatable bonds is 9. The van der Waals surface area contributed by atoms with Gasteiger partial charge in [0.2, 0.25) is 5.91 Å². The average molecular weight is 397 g/mol. The number of hydrogen-bond acceptors (Lipinski definition) is 4. The maximum Gasteiger partial charge on any atom is 0.223 e. The summed E-state index contributed by atoms with van der Waals surface area (Å²) in [5.74, 6) is 2.39.